The zero-order valence-electron chi connectivity index (χ0n) is 14.7. The molecule has 26 heavy (non-hydrogen) atoms. The fourth-order valence-corrected chi connectivity index (χ4v) is 2.39. The molecule has 0 saturated heterocycles. The van der Waals surface area contributed by atoms with Gasteiger partial charge in [-0.25, -0.2) is 0 Å². The molecule has 1 atom stereocenters. The van der Waals surface area contributed by atoms with Crippen LogP contribution in [0.25, 0.3) is 0 Å². The lowest BCUT2D eigenvalue weighted by Crippen LogP contribution is -2.41. The number of primary amides is 1. The average Bonchev–Trinajstić information content (AvgIpc) is 2.61. The van der Waals surface area contributed by atoms with Crippen LogP contribution in [-0.4, -0.2) is 53.7 Å². The number of likely N-dealkylation sites (N-methyl/N-ethyl adjacent to an activating group) is 1. The van der Waals surface area contributed by atoms with Gasteiger partial charge in [0.15, 0.2) is 11.5 Å². The third kappa shape index (κ3) is 4.79. The fraction of sp³-hybridized carbons (Fsp3) is 0.312. The van der Waals surface area contributed by atoms with Gasteiger partial charge in [0.1, 0.15) is 0 Å². The standard InChI is InChI=1S/C16H20ClN7O2/c1-9(20-15(26)10-4-6-11(17)7-5-10)8-24(3)16-21-14(19-2)12(13(18)25)22-23-16/h4-7,9H,8H2,1-3H3,(H2,18,25)(H,20,26)(H,19,21,23). The number of amides is 2. The number of hydrogen-bond acceptors (Lipinski definition) is 7. The predicted octanol–water partition coefficient (Wildman–Crippen LogP) is 0.920. The van der Waals surface area contributed by atoms with Crippen LogP contribution < -0.4 is 21.3 Å². The van der Waals surface area contributed by atoms with Crippen molar-refractivity contribution in [3.05, 3.63) is 40.5 Å². The molecule has 2 aromatic rings. The quantitative estimate of drug-likeness (QED) is 0.654. The van der Waals surface area contributed by atoms with Crippen molar-refractivity contribution in [2.24, 2.45) is 5.73 Å². The number of carbonyl (C=O) groups excluding carboxylic acids is 2. The second kappa shape index (κ2) is 8.43. The van der Waals surface area contributed by atoms with Crippen molar-refractivity contribution in [1.82, 2.24) is 20.5 Å². The number of nitrogens with one attached hydrogen (secondary N) is 2. The number of carbonyl (C=O) groups is 2. The van der Waals surface area contributed by atoms with Gasteiger partial charge in [-0.1, -0.05) is 11.6 Å². The maximum Gasteiger partial charge on any atom is 0.273 e. The topological polar surface area (TPSA) is 126 Å². The van der Waals surface area contributed by atoms with E-state index >= 15 is 0 Å². The molecule has 0 aliphatic heterocycles. The van der Waals surface area contributed by atoms with E-state index in [9.17, 15) is 9.59 Å². The largest absolute Gasteiger partial charge is 0.371 e. The van der Waals surface area contributed by atoms with E-state index in [1.54, 1.807) is 43.3 Å². The lowest BCUT2D eigenvalue weighted by molar-refractivity contribution is 0.0939. The van der Waals surface area contributed by atoms with Gasteiger partial charge >= 0.3 is 0 Å². The van der Waals surface area contributed by atoms with E-state index in [0.29, 0.717) is 23.1 Å². The second-order valence-corrected chi connectivity index (χ2v) is 6.12. The molecular formula is C16H20ClN7O2. The third-order valence-corrected chi connectivity index (χ3v) is 3.77. The number of anilines is 2. The number of benzene rings is 1. The van der Waals surface area contributed by atoms with Crippen molar-refractivity contribution in [3.8, 4) is 0 Å². The third-order valence-electron chi connectivity index (χ3n) is 3.52. The highest BCUT2D eigenvalue weighted by molar-refractivity contribution is 6.30. The molecule has 0 fully saturated rings. The summed E-state index contributed by atoms with van der Waals surface area (Å²) >= 11 is 5.82. The number of rotatable bonds is 7. The molecule has 0 aliphatic carbocycles. The molecule has 9 nitrogen and oxygen atoms in total. The van der Waals surface area contributed by atoms with Crippen LogP contribution in [0.4, 0.5) is 11.8 Å². The maximum atomic E-state index is 12.2. The Morgan fingerprint density at radius 3 is 2.50 bits per heavy atom. The summed E-state index contributed by atoms with van der Waals surface area (Å²) in [6.07, 6.45) is 0. The highest BCUT2D eigenvalue weighted by atomic mass is 35.5. The van der Waals surface area contributed by atoms with E-state index in [1.165, 1.54) is 0 Å². The Balaban J connectivity index is 2.02. The maximum absolute atomic E-state index is 12.2. The van der Waals surface area contributed by atoms with Gasteiger partial charge in [-0.3, -0.25) is 9.59 Å². The highest BCUT2D eigenvalue weighted by Gasteiger charge is 2.17. The first-order valence-electron chi connectivity index (χ1n) is 7.81. The van der Waals surface area contributed by atoms with Crippen molar-refractivity contribution in [1.29, 1.82) is 0 Å². The van der Waals surface area contributed by atoms with Gasteiger partial charge in [0.05, 0.1) is 0 Å². The van der Waals surface area contributed by atoms with Crippen LogP contribution in [0.5, 0.6) is 0 Å². The van der Waals surface area contributed by atoms with E-state index in [0.717, 1.165) is 0 Å². The minimum atomic E-state index is -0.716. The summed E-state index contributed by atoms with van der Waals surface area (Å²) in [6.45, 7) is 2.29. The summed E-state index contributed by atoms with van der Waals surface area (Å²) in [5, 5.41) is 13.9. The molecule has 138 valence electrons. The van der Waals surface area contributed by atoms with Crippen LogP contribution in [0.15, 0.2) is 24.3 Å². The van der Waals surface area contributed by atoms with Crippen molar-refractivity contribution >= 4 is 35.2 Å². The fourth-order valence-electron chi connectivity index (χ4n) is 2.27. The summed E-state index contributed by atoms with van der Waals surface area (Å²) in [6, 6.07) is 6.44. The molecule has 1 aromatic carbocycles. The molecule has 1 aromatic heterocycles. The van der Waals surface area contributed by atoms with Crippen LogP contribution >= 0.6 is 11.6 Å². The van der Waals surface area contributed by atoms with Gasteiger partial charge < -0.3 is 21.3 Å². The summed E-state index contributed by atoms with van der Waals surface area (Å²) < 4.78 is 0. The number of nitrogens with zero attached hydrogens (tertiary/aromatic N) is 4. The normalized spacial score (nSPS) is 11.5. The molecule has 0 spiro atoms. The van der Waals surface area contributed by atoms with E-state index in [4.69, 9.17) is 17.3 Å². The first-order chi connectivity index (χ1) is 12.3. The van der Waals surface area contributed by atoms with Gasteiger partial charge in [0.2, 0.25) is 5.95 Å². The van der Waals surface area contributed by atoms with Gasteiger partial charge in [0.25, 0.3) is 11.8 Å². The van der Waals surface area contributed by atoms with Gasteiger partial charge in [-0.2, -0.15) is 4.98 Å². The Morgan fingerprint density at radius 1 is 1.27 bits per heavy atom. The van der Waals surface area contributed by atoms with Crippen molar-refractivity contribution in [2.75, 3.05) is 30.9 Å². The van der Waals surface area contributed by atoms with Crippen LogP contribution in [0.1, 0.15) is 27.8 Å². The molecular weight excluding hydrogens is 358 g/mol. The van der Waals surface area contributed by atoms with Crippen LogP contribution in [0.3, 0.4) is 0 Å². The van der Waals surface area contributed by atoms with E-state index < -0.39 is 5.91 Å². The molecule has 4 N–H and O–H groups in total. The van der Waals surface area contributed by atoms with E-state index in [-0.39, 0.29) is 23.5 Å². The van der Waals surface area contributed by atoms with Gasteiger partial charge in [-0.15, -0.1) is 10.2 Å². The van der Waals surface area contributed by atoms with Crippen molar-refractivity contribution in [3.63, 3.8) is 0 Å². The molecule has 0 saturated carbocycles. The summed E-state index contributed by atoms with van der Waals surface area (Å²) in [5.41, 5.74) is 5.71. The van der Waals surface area contributed by atoms with Crippen molar-refractivity contribution < 1.29 is 9.59 Å². The smallest absolute Gasteiger partial charge is 0.273 e. The number of aromatic nitrogens is 3. The summed E-state index contributed by atoms with van der Waals surface area (Å²) in [4.78, 5) is 29.5. The highest BCUT2D eigenvalue weighted by Crippen LogP contribution is 2.13. The molecule has 0 bridgehead atoms. The molecule has 0 aliphatic rings. The zero-order chi connectivity index (χ0) is 19.3. The SMILES string of the molecule is CNc1nc(N(C)CC(C)NC(=O)c2ccc(Cl)cc2)nnc1C(N)=O. The lowest BCUT2D eigenvalue weighted by Gasteiger charge is -2.22. The first-order valence-corrected chi connectivity index (χ1v) is 8.19. The molecule has 2 rings (SSSR count). The summed E-state index contributed by atoms with van der Waals surface area (Å²) in [7, 11) is 3.36. The van der Waals surface area contributed by atoms with Gasteiger partial charge in [0, 0.05) is 37.3 Å². The minimum absolute atomic E-state index is 0.0336. The Labute approximate surface area is 155 Å². The second-order valence-electron chi connectivity index (χ2n) is 5.69. The minimum Gasteiger partial charge on any atom is -0.371 e. The Hall–Kier alpha value is -2.94. The number of nitrogens with two attached hydrogens (primary N) is 1. The average molecular weight is 378 g/mol. The monoisotopic (exact) mass is 377 g/mol. The molecule has 0 radical (unpaired) electrons. The molecule has 1 heterocycles. The molecule has 1 unspecified atom stereocenters. The Morgan fingerprint density at radius 2 is 1.92 bits per heavy atom. The zero-order valence-corrected chi connectivity index (χ0v) is 15.4. The first kappa shape index (κ1) is 19.4. The van der Waals surface area contributed by atoms with Crippen LogP contribution in [0, 0.1) is 0 Å². The molecule has 2 amide bonds. The summed E-state index contributed by atoms with van der Waals surface area (Å²) in [5.74, 6) is -0.382. The Bertz CT molecular complexity index is 798. The van der Waals surface area contributed by atoms with Crippen LogP contribution in [0.2, 0.25) is 5.02 Å². The molecule has 10 heteroatoms. The predicted molar refractivity (Wildman–Crippen MR) is 99.5 cm³/mol. The lowest BCUT2D eigenvalue weighted by atomic mass is 10.2. The number of halogens is 1. The van der Waals surface area contributed by atoms with Crippen molar-refractivity contribution in [2.45, 2.75) is 13.0 Å². The number of hydrogen-bond donors (Lipinski definition) is 3. The van der Waals surface area contributed by atoms with Gasteiger partial charge in [-0.05, 0) is 31.2 Å². The van der Waals surface area contributed by atoms with E-state index in [2.05, 4.69) is 25.8 Å². The Kier molecular flexibility index (Phi) is 6.29. The van der Waals surface area contributed by atoms with E-state index in [1.807, 2.05) is 6.92 Å². The van der Waals surface area contributed by atoms with Crippen LogP contribution in [-0.2, 0) is 0 Å².